The van der Waals surface area contributed by atoms with Gasteiger partial charge in [0, 0.05) is 12.3 Å². The SMILES string of the molecule is Cc1ccc([N+](=O)[O-])cc1Oc1nccc(/C(N)=N/O)n1. The molecule has 0 saturated heterocycles. The Morgan fingerprint density at radius 3 is 2.90 bits per heavy atom. The third kappa shape index (κ3) is 3.21. The Morgan fingerprint density at radius 1 is 1.48 bits per heavy atom. The number of ether oxygens (including phenoxy) is 1. The summed E-state index contributed by atoms with van der Waals surface area (Å²) in [7, 11) is 0. The summed E-state index contributed by atoms with van der Waals surface area (Å²) in [5.74, 6) is 0.0545. The zero-order valence-electron chi connectivity index (χ0n) is 10.9. The standard InChI is InChI=1S/C12H11N5O4/c1-7-2-3-8(17(19)20)6-10(7)21-12-14-5-4-9(15-12)11(13)16-18/h2-6,18H,1H3,(H2,13,16). The molecule has 9 heteroatoms. The van der Waals surface area contributed by atoms with Crippen LogP contribution in [0.3, 0.4) is 0 Å². The molecule has 0 saturated carbocycles. The predicted molar refractivity (Wildman–Crippen MR) is 72.5 cm³/mol. The van der Waals surface area contributed by atoms with Crippen molar-refractivity contribution < 1.29 is 14.9 Å². The highest BCUT2D eigenvalue weighted by Gasteiger charge is 2.12. The van der Waals surface area contributed by atoms with Gasteiger partial charge in [-0.3, -0.25) is 10.1 Å². The number of aromatic nitrogens is 2. The molecule has 0 radical (unpaired) electrons. The van der Waals surface area contributed by atoms with Crippen LogP contribution in [0.25, 0.3) is 0 Å². The lowest BCUT2D eigenvalue weighted by Gasteiger charge is -2.07. The van der Waals surface area contributed by atoms with E-state index in [-0.39, 0.29) is 29.0 Å². The van der Waals surface area contributed by atoms with E-state index in [2.05, 4.69) is 15.1 Å². The second-order valence-electron chi connectivity index (χ2n) is 4.02. The number of aryl methyl sites for hydroxylation is 1. The van der Waals surface area contributed by atoms with Crippen LogP contribution in [0.15, 0.2) is 35.6 Å². The fraction of sp³-hybridized carbons (Fsp3) is 0.0833. The number of nitro groups is 1. The normalized spacial score (nSPS) is 11.2. The molecule has 3 N–H and O–H groups in total. The van der Waals surface area contributed by atoms with Gasteiger partial charge in [-0.15, -0.1) is 0 Å². The molecule has 2 aromatic rings. The van der Waals surface area contributed by atoms with Gasteiger partial charge in [0.1, 0.15) is 11.4 Å². The van der Waals surface area contributed by atoms with Crippen molar-refractivity contribution in [1.82, 2.24) is 9.97 Å². The van der Waals surface area contributed by atoms with Crippen LogP contribution in [0.1, 0.15) is 11.3 Å². The van der Waals surface area contributed by atoms with Gasteiger partial charge in [0.05, 0.1) is 11.0 Å². The number of benzene rings is 1. The Kier molecular flexibility index (Phi) is 3.93. The van der Waals surface area contributed by atoms with Gasteiger partial charge in [0.15, 0.2) is 5.84 Å². The van der Waals surface area contributed by atoms with E-state index in [4.69, 9.17) is 15.7 Å². The summed E-state index contributed by atoms with van der Waals surface area (Å²) >= 11 is 0. The van der Waals surface area contributed by atoms with Crippen molar-refractivity contribution >= 4 is 11.5 Å². The summed E-state index contributed by atoms with van der Waals surface area (Å²) in [6, 6.07) is 5.57. The first-order valence-electron chi connectivity index (χ1n) is 5.75. The number of amidine groups is 1. The minimum absolute atomic E-state index is 0.0669. The quantitative estimate of drug-likeness (QED) is 0.286. The molecular formula is C12H11N5O4. The number of oxime groups is 1. The maximum atomic E-state index is 10.8. The van der Waals surface area contributed by atoms with Crippen LogP contribution >= 0.6 is 0 Å². The zero-order chi connectivity index (χ0) is 15.4. The summed E-state index contributed by atoms with van der Waals surface area (Å²) < 4.78 is 5.42. The van der Waals surface area contributed by atoms with Crippen molar-refractivity contribution in [3.63, 3.8) is 0 Å². The number of hydrogen-bond acceptors (Lipinski definition) is 7. The van der Waals surface area contributed by atoms with Crippen molar-refractivity contribution in [3.05, 3.63) is 51.8 Å². The van der Waals surface area contributed by atoms with Crippen molar-refractivity contribution in [2.75, 3.05) is 0 Å². The maximum absolute atomic E-state index is 10.8. The number of rotatable bonds is 4. The molecule has 0 spiro atoms. The van der Waals surface area contributed by atoms with Crippen LogP contribution < -0.4 is 10.5 Å². The molecular weight excluding hydrogens is 278 g/mol. The van der Waals surface area contributed by atoms with Gasteiger partial charge in [0.2, 0.25) is 0 Å². The van der Waals surface area contributed by atoms with Crippen LogP contribution in [-0.2, 0) is 0 Å². The van der Waals surface area contributed by atoms with Gasteiger partial charge in [-0.1, -0.05) is 5.16 Å². The van der Waals surface area contributed by atoms with Gasteiger partial charge in [-0.05, 0) is 24.6 Å². The Balaban J connectivity index is 2.34. The van der Waals surface area contributed by atoms with E-state index >= 15 is 0 Å². The number of nitro benzene ring substituents is 1. The first-order valence-corrected chi connectivity index (χ1v) is 5.75. The Hall–Kier alpha value is -3.23. The minimum atomic E-state index is -0.528. The van der Waals surface area contributed by atoms with Crippen LogP contribution in [0.2, 0.25) is 0 Å². The molecule has 1 aromatic carbocycles. The van der Waals surface area contributed by atoms with E-state index in [1.807, 2.05) is 0 Å². The largest absolute Gasteiger partial charge is 0.424 e. The average Bonchev–Trinajstić information content (AvgIpc) is 2.48. The first kappa shape index (κ1) is 14.2. The Bertz CT molecular complexity index is 717. The molecule has 0 aliphatic heterocycles. The zero-order valence-corrected chi connectivity index (χ0v) is 10.9. The van der Waals surface area contributed by atoms with Crippen LogP contribution in [0.5, 0.6) is 11.8 Å². The van der Waals surface area contributed by atoms with Crippen LogP contribution in [-0.4, -0.2) is 25.9 Å². The predicted octanol–water partition coefficient (Wildman–Crippen LogP) is 1.58. The average molecular weight is 289 g/mol. The van der Waals surface area contributed by atoms with E-state index in [1.165, 1.54) is 24.4 Å². The highest BCUT2D eigenvalue weighted by molar-refractivity contribution is 5.95. The first-order chi connectivity index (χ1) is 10.0. The second-order valence-corrected chi connectivity index (χ2v) is 4.02. The molecule has 9 nitrogen and oxygen atoms in total. The molecule has 21 heavy (non-hydrogen) atoms. The molecule has 2 rings (SSSR count). The molecule has 0 atom stereocenters. The van der Waals surface area contributed by atoms with E-state index < -0.39 is 4.92 Å². The van der Waals surface area contributed by atoms with E-state index in [0.29, 0.717) is 5.56 Å². The molecule has 1 aromatic heterocycles. The van der Waals surface area contributed by atoms with Gasteiger partial charge in [0.25, 0.3) is 5.69 Å². The third-order valence-electron chi connectivity index (χ3n) is 2.59. The summed E-state index contributed by atoms with van der Waals surface area (Å²) in [6.45, 7) is 1.73. The van der Waals surface area contributed by atoms with Crippen LogP contribution in [0, 0.1) is 17.0 Å². The molecule has 1 heterocycles. The Morgan fingerprint density at radius 2 is 2.24 bits per heavy atom. The lowest BCUT2D eigenvalue weighted by Crippen LogP contribution is -2.15. The summed E-state index contributed by atoms with van der Waals surface area (Å²) in [6.07, 6.45) is 1.36. The summed E-state index contributed by atoms with van der Waals surface area (Å²) in [4.78, 5) is 18.0. The molecule has 0 aliphatic carbocycles. The fourth-order valence-corrected chi connectivity index (χ4v) is 1.49. The van der Waals surface area contributed by atoms with E-state index in [0.717, 1.165) is 0 Å². The lowest BCUT2D eigenvalue weighted by atomic mass is 10.2. The molecule has 0 fully saturated rings. The molecule has 0 unspecified atom stereocenters. The maximum Gasteiger partial charge on any atom is 0.322 e. The molecule has 0 bridgehead atoms. The van der Waals surface area contributed by atoms with Crippen molar-refractivity contribution in [2.24, 2.45) is 10.9 Å². The van der Waals surface area contributed by atoms with Crippen molar-refractivity contribution in [1.29, 1.82) is 0 Å². The summed E-state index contributed by atoms with van der Waals surface area (Å²) in [5, 5.41) is 22.2. The topological polar surface area (TPSA) is 137 Å². The van der Waals surface area contributed by atoms with Gasteiger partial charge in [-0.25, -0.2) is 4.98 Å². The molecule has 108 valence electrons. The second kappa shape index (κ2) is 5.82. The van der Waals surface area contributed by atoms with Gasteiger partial charge >= 0.3 is 6.01 Å². The monoisotopic (exact) mass is 289 g/mol. The number of hydrogen-bond donors (Lipinski definition) is 2. The highest BCUT2D eigenvalue weighted by Crippen LogP contribution is 2.27. The smallest absolute Gasteiger partial charge is 0.322 e. The lowest BCUT2D eigenvalue weighted by molar-refractivity contribution is -0.384. The van der Waals surface area contributed by atoms with E-state index in [1.54, 1.807) is 13.0 Å². The van der Waals surface area contributed by atoms with Crippen molar-refractivity contribution in [3.8, 4) is 11.8 Å². The number of nitrogens with zero attached hydrogens (tertiary/aromatic N) is 4. The minimum Gasteiger partial charge on any atom is -0.424 e. The van der Waals surface area contributed by atoms with Gasteiger partial charge < -0.3 is 15.7 Å². The van der Waals surface area contributed by atoms with Crippen molar-refractivity contribution in [2.45, 2.75) is 6.92 Å². The van der Waals surface area contributed by atoms with Gasteiger partial charge in [-0.2, -0.15) is 4.98 Å². The summed E-state index contributed by atoms with van der Waals surface area (Å²) in [5.41, 5.74) is 6.16. The van der Waals surface area contributed by atoms with Crippen LogP contribution in [0.4, 0.5) is 5.69 Å². The number of nitrogens with two attached hydrogens (primary N) is 1. The fourth-order valence-electron chi connectivity index (χ4n) is 1.49. The molecule has 0 amide bonds. The third-order valence-corrected chi connectivity index (χ3v) is 2.59. The molecule has 0 aliphatic rings. The van der Waals surface area contributed by atoms with E-state index in [9.17, 15) is 10.1 Å². The highest BCUT2D eigenvalue weighted by atomic mass is 16.6. The number of non-ortho nitro benzene ring substituents is 1. The Labute approximate surface area is 118 Å².